The third kappa shape index (κ3) is 3.28. The van der Waals surface area contributed by atoms with E-state index in [2.05, 4.69) is 15.3 Å². The second-order valence-electron chi connectivity index (χ2n) is 4.77. The number of hydrogen-bond donors (Lipinski definition) is 1. The van der Waals surface area contributed by atoms with Gasteiger partial charge < -0.3 is 5.32 Å². The van der Waals surface area contributed by atoms with Crippen LogP contribution < -0.4 is 5.32 Å². The maximum Gasteiger partial charge on any atom is 0.416 e. The molecule has 0 aliphatic heterocycles. The summed E-state index contributed by atoms with van der Waals surface area (Å²) < 4.78 is 37.5. The number of para-hydroxylation sites is 2. The fraction of sp³-hybridized carbons (Fsp3) is 0.0625. The molecule has 0 aliphatic rings. The van der Waals surface area contributed by atoms with Crippen molar-refractivity contribution in [1.29, 1.82) is 0 Å². The van der Waals surface area contributed by atoms with Crippen LogP contribution in [0, 0.1) is 0 Å². The van der Waals surface area contributed by atoms with E-state index in [0.717, 1.165) is 12.1 Å². The summed E-state index contributed by atoms with van der Waals surface area (Å²) in [5.74, 6) is -0.539. The number of hydrogen-bond acceptors (Lipinski definition) is 3. The lowest BCUT2D eigenvalue weighted by Gasteiger charge is -2.08. The van der Waals surface area contributed by atoms with Crippen LogP contribution in [-0.2, 0) is 6.18 Å². The Morgan fingerprint density at radius 2 is 1.61 bits per heavy atom. The Bertz CT molecular complexity index is 860. The van der Waals surface area contributed by atoms with E-state index in [1.54, 1.807) is 24.3 Å². The van der Waals surface area contributed by atoms with Crippen LogP contribution in [0.3, 0.4) is 0 Å². The molecule has 1 heterocycles. The average Bonchev–Trinajstić information content (AvgIpc) is 2.54. The molecule has 3 rings (SSSR count). The highest BCUT2D eigenvalue weighted by molar-refractivity contribution is 6.03. The maximum absolute atomic E-state index is 12.5. The van der Waals surface area contributed by atoms with Gasteiger partial charge in [-0.2, -0.15) is 13.2 Å². The number of fused-ring (bicyclic) bond motifs is 1. The number of carbonyl (C=O) groups excluding carboxylic acids is 1. The SMILES string of the molecule is O=C(Nc1ccc(C(F)(F)F)cc1)c1cnc2ccccc2n1. The van der Waals surface area contributed by atoms with Crippen molar-refractivity contribution in [2.24, 2.45) is 0 Å². The van der Waals surface area contributed by atoms with Gasteiger partial charge in [0.1, 0.15) is 5.69 Å². The lowest BCUT2D eigenvalue weighted by atomic mass is 10.2. The van der Waals surface area contributed by atoms with E-state index in [4.69, 9.17) is 0 Å². The van der Waals surface area contributed by atoms with Crippen molar-refractivity contribution in [2.45, 2.75) is 6.18 Å². The predicted octanol–water partition coefficient (Wildman–Crippen LogP) is 3.90. The van der Waals surface area contributed by atoms with Crippen molar-refractivity contribution >= 4 is 22.6 Å². The first-order valence-electron chi connectivity index (χ1n) is 6.64. The van der Waals surface area contributed by atoms with Gasteiger partial charge in [0.25, 0.3) is 5.91 Å². The highest BCUT2D eigenvalue weighted by Gasteiger charge is 2.30. The van der Waals surface area contributed by atoms with E-state index in [-0.39, 0.29) is 11.4 Å². The van der Waals surface area contributed by atoms with Crippen molar-refractivity contribution in [3.63, 3.8) is 0 Å². The van der Waals surface area contributed by atoms with Gasteiger partial charge in [-0.1, -0.05) is 12.1 Å². The van der Waals surface area contributed by atoms with E-state index >= 15 is 0 Å². The number of alkyl halides is 3. The molecule has 0 saturated carbocycles. The number of halogens is 3. The third-order valence-corrected chi connectivity index (χ3v) is 3.15. The molecule has 0 radical (unpaired) electrons. The smallest absolute Gasteiger partial charge is 0.321 e. The molecule has 0 unspecified atom stereocenters. The Balaban J connectivity index is 1.80. The molecular formula is C16H10F3N3O. The van der Waals surface area contributed by atoms with E-state index in [9.17, 15) is 18.0 Å². The molecule has 0 bridgehead atoms. The van der Waals surface area contributed by atoms with E-state index in [1.807, 2.05) is 0 Å². The van der Waals surface area contributed by atoms with Gasteiger partial charge in [0.05, 0.1) is 22.8 Å². The number of nitrogens with zero attached hydrogens (tertiary/aromatic N) is 2. The molecule has 116 valence electrons. The number of amides is 1. The second-order valence-corrected chi connectivity index (χ2v) is 4.77. The fourth-order valence-electron chi connectivity index (χ4n) is 2.00. The van der Waals surface area contributed by atoms with E-state index in [1.165, 1.54) is 18.3 Å². The van der Waals surface area contributed by atoms with E-state index in [0.29, 0.717) is 11.0 Å². The molecule has 23 heavy (non-hydrogen) atoms. The van der Waals surface area contributed by atoms with Gasteiger partial charge >= 0.3 is 6.18 Å². The standard InChI is InChI=1S/C16H10F3N3O/c17-16(18,19)10-5-7-11(8-6-10)21-15(23)14-9-20-12-3-1-2-4-13(12)22-14/h1-9H,(H,21,23). The topological polar surface area (TPSA) is 54.9 Å². The molecule has 4 nitrogen and oxygen atoms in total. The normalized spacial score (nSPS) is 11.4. The minimum Gasteiger partial charge on any atom is -0.321 e. The molecule has 7 heteroatoms. The van der Waals surface area contributed by atoms with Crippen molar-refractivity contribution < 1.29 is 18.0 Å². The molecule has 0 spiro atoms. The van der Waals surface area contributed by atoms with Crippen molar-refractivity contribution in [1.82, 2.24) is 9.97 Å². The summed E-state index contributed by atoms with van der Waals surface area (Å²) in [7, 11) is 0. The van der Waals surface area contributed by atoms with Crippen LogP contribution in [0.5, 0.6) is 0 Å². The first-order valence-corrected chi connectivity index (χ1v) is 6.64. The lowest BCUT2D eigenvalue weighted by molar-refractivity contribution is -0.137. The van der Waals surface area contributed by atoms with Gasteiger partial charge in [0.15, 0.2) is 0 Å². The third-order valence-electron chi connectivity index (χ3n) is 3.15. The van der Waals surface area contributed by atoms with Crippen LogP contribution in [0.25, 0.3) is 11.0 Å². The highest BCUT2D eigenvalue weighted by atomic mass is 19.4. The van der Waals surface area contributed by atoms with Gasteiger partial charge in [-0.05, 0) is 36.4 Å². The molecule has 0 saturated heterocycles. The average molecular weight is 317 g/mol. The quantitative estimate of drug-likeness (QED) is 0.780. The van der Waals surface area contributed by atoms with Crippen molar-refractivity contribution in [3.8, 4) is 0 Å². The Labute approximate surface area is 129 Å². The molecule has 0 atom stereocenters. The van der Waals surface area contributed by atoms with Gasteiger partial charge in [0.2, 0.25) is 0 Å². The molecule has 1 amide bonds. The molecule has 0 fully saturated rings. The Morgan fingerprint density at radius 1 is 0.957 bits per heavy atom. The van der Waals surface area contributed by atoms with Gasteiger partial charge in [-0.3, -0.25) is 9.78 Å². The van der Waals surface area contributed by atoms with Crippen LogP contribution in [0.15, 0.2) is 54.7 Å². The number of anilines is 1. The molecular weight excluding hydrogens is 307 g/mol. The summed E-state index contributed by atoms with van der Waals surface area (Å²) in [5.41, 5.74) is 0.772. The zero-order valence-electron chi connectivity index (χ0n) is 11.6. The van der Waals surface area contributed by atoms with Crippen molar-refractivity contribution in [3.05, 3.63) is 66.0 Å². The van der Waals surface area contributed by atoms with Crippen LogP contribution in [0.4, 0.5) is 18.9 Å². The summed E-state index contributed by atoms with van der Waals surface area (Å²) in [5, 5.41) is 2.49. The number of carbonyl (C=O) groups is 1. The molecule has 3 aromatic rings. The summed E-state index contributed by atoms with van der Waals surface area (Å²) in [6, 6.07) is 11.2. The first kappa shape index (κ1) is 15.0. The van der Waals surface area contributed by atoms with Gasteiger partial charge in [0, 0.05) is 5.69 Å². The predicted molar refractivity (Wildman–Crippen MR) is 78.9 cm³/mol. The minimum atomic E-state index is -4.41. The zero-order chi connectivity index (χ0) is 16.4. The highest BCUT2D eigenvalue weighted by Crippen LogP contribution is 2.29. The number of nitrogens with one attached hydrogen (secondary N) is 1. The fourth-order valence-corrected chi connectivity index (χ4v) is 2.00. The van der Waals surface area contributed by atoms with Crippen LogP contribution >= 0.6 is 0 Å². The molecule has 2 aromatic carbocycles. The zero-order valence-corrected chi connectivity index (χ0v) is 11.6. The van der Waals surface area contributed by atoms with Gasteiger partial charge in [-0.25, -0.2) is 4.98 Å². The summed E-state index contributed by atoms with van der Waals surface area (Å²) >= 11 is 0. The van der Waals surface area contributed by atoms with Crippen LogP contribution in [0.2, 0.25) is 0 Å². The molecule has 0 aliphatic carbocycles. The first-order chi connectivity index (χ1) is 10.9. The lowest BCUT2D eigenvalue weighted by Crippen LogP contribution is -2.14. The van der Waals surface area contributed by atoms with Crippen molar-refractivity contribution in [2.75, 3.05) is 5.32 Å². The van der Waals surface area contributed by atoms with Crippen LogP contribution in [-0.4, -0.2) is 15.9 Å². The summed E-state index contributed by atoms with van der Waals surface area (Å²) in [4.78, 5) is 20.4. The molecule has 1 N–H and O–H groups in total. The maximum atomic E-state index is 12.5. The largest absolute Gasteiger partial charge is 0.416 e. The summed E-state index contributed by atoms with van der Waals surface area (Å²) in [6.45, 7) is 0. The van der Waals surface area contributed by atoms with Gasteiger partial charge in [-0.15, -0.1) is 0 Å². The number of aromatic nitrogens is 2. The Morgan fingerprint density at radius 3 is 2.26 bits per heavy atom. The number of benzene rings is 2. The summed E-state index contributed by atoms with van der Waals surface area (Å²) in [6.07, 6.45) is -3.09. The number of rotatable bonds is 2. The van der Waals surface area contributed by atoms with Crippen LogP contribution in [0.1, 0.15) is 16.1 Å². The Hall–Kier alpha value is -2.96. The second kappa shape index (κ2) is 5.68. The minimum absolute atomic E-state index is 0.0867. The molecule has 1 aromatic heterocycles. The van der Waals surface area contributed by atoms with E-state index < -0.39 is 17.6 Å². The monoisotopic (exact) mass is 317 g/mol. The Kier molecular flexibility index (Phi) is 3.69.